The molecule has 0 aliphatic carbocycles. The standard InChI is InChI=1S/C10H11Cl2NO5S/c1-18-10(15)8(5-14)13-19(16,17)9-4-6(11)2-3-7(9)12/h2-4,8,13-14H,5H2,1H3. The van der Waals surface area contributed by atoms with Gasteiger partial charge in [0.1, 0.15) is 10.9 Å². The topological polar surface area (TPSA) is 92.7 Å². The van der Waals surface area contributed by atoms with Crippen molar-refractivity contribution in [1.82, 2.24) is 4.72 Å². The van der Waals surface area contributed by atoms with Crippen molar-refractivity contribution >= 4 is 39.2 Å². The second-order valence-corrected chi connectivity index (χ2v) is 5.98. The van der Waals surface area contributed by atoms with Crippen molar-refractivity contribution in [3.05, 3.63) is 28.2 Å². The number of sulfonamides is 1. The van der Waals surface area contributed by atoms with E-state index >= 15 is 0 Å². The van der Waals surface area contributed by atoms with Crippen molar-refractivity contribution in [2.24, 2.45) is 0 Å². The molecule has 0 spiro atoms. The van der Waals surface area contributed by atoms with Crippen LogP contribution in [0.3, 0.4) is 0 Å². The maximum absolute atomic E-state index is 12.0. The molecule has 0 aromatic heterocycles. The van der Waals surface area contributed by atoms with E-state index in [1.807, 2.05) is 4.72 Å². The number of carbonyl (C=O) groups excluding carboxylic acids is 1. The summed E-state index contributed by atoms with van der Waals surface area (Å²) >= 11 is 11.5. The lowest BCUT2D eigenvalue weighted by atomic mass is 10.3. The molecule has 9 heteroatoms. The Kier molecular flexibility index (Phi) is 5.57. The number of methoxy groups -OCH3 is 1. The predicted octanol–water partition coefficient (Wildman–Crippen LogP) is 0.806. The first-order valence-corrected chi connectivity index (χ1v) is 7.21. The Morgan fingerprint density at radius 3 is 2.63 bits per heavy atom. The molecule has 19 heavy (non-hydrogen) atoms. The minimum atomic E-state index is -4.11. The number of aliphatic hydroxyl groups excluding tert-OH is 1. The molecule has 0 aliphatic heterocycles. The summed E-state index contributed by atoms with van der Waals surface area (Å²) in [6.45, 7) is -0.746. The molecular weight excluding hydrogens is 317 g/mol. The number of aliphatic hydroxyl groups is 1. The third-order valence-corrected chi connectivity index (χ3v) is 4.34. The highest BCUT2D eigenvalue weighted by molar-refractivity contribution is 7.89. The van der Waals surface area contributed by atoms with E-state index in [0.29, 0.717) is 0 Å². The van der Waals surface area contributed by atoms with E-state index in [0.717, 1.165) is 13.2 Å². The summed E-state index contributed by atoms with van der Waals surface area (Å²) in [5.41, 5.74) is 0. The lowest BCUT2D eigenvalue weighted by Crippen LogP contribution is -2.44. The number of hydrogen-bond acceptors (Lipinski definition) is 5. The third kappa shape index (κ3) is 4.05. The van der Waals surface area contributed by atoms with Crippen LogP contribution in [0.5, 0.6) is 0 Å². The molecule has 0 radical (unpaired) electrons. The molecule has 0 bridgehead atoms. The van der Waals surface area contributed by atoms with E-state index in [1.165, 1.54) is 12.1 Å². The van der Waals surface area contributed by atoms with E-state index < -0.39 is 28.6 Å². The van der Waals surface area contributed by atoms with Crippen LogP contribution in [-0.4, -0.2) is 39.3 Å². The van der Waals surface area contributed by atoms with Crippen LogP contribution in [0.4, 0.5) is 0 Å². The van der Waals surface area contributed by atoms with Gasteiger partial charge < -0.3 is 9.84 Å². The molecule has 1 atom stereocenters. The highest BCUT2D eigenvalue weighted by Crippen LogP contribution is 2.24. The number of halogens is 2. The summed E-state index contributed by atoms with van der Waals surface area (Å²) in [7, 11) is -3.03. The number of rotatable bonds is 5. The summed E-state index contributed by atoms with van der Waals surface area (Å²) in [5.74, 6) is -0.913. The van der Waals surface area contributed by atoms with Crippen molar-refractivity contribution in [2.75, 3.05) is 13.7 Å². The summed E-state index contributed by atoms with van der Waals surface area (Å²) in [4.78, 5) is 10.9. The largest absolute Gasteiger partial charge is 0.468 e. The molecule has 1 unspecified atom stereocenters. The van der Waals surface area contributed by atoms with Gasteiger partial charge in [-0.15, -0.1) is 0 Å². The Morgan fingerprint density at radius 1 is 1.47 bits per heavy atom. The SMILES string of the molecule is COC(=O)C(CO)NS(=O)(=O)c1cc(Cl)ccc1Cl. The van der Waals surface area contributed by atoms with Gasteiger partial charge in [-0.1, -0.05) is 23.2 Å². The molecule has 0 aliphatic rings. The molecule has 0 amide bonds. The lowest BCUT2D eigenvalue weighted by Gasteiger charge is -2.15. The lowest BCUT2D eigenvalue weighted by molar-refractivity contribution is -0.143. The summed E-state index contributed by atoms with van der Waals surface area (Å²) in [6.07, 6.45) is 0. The number of benzene rings is 1. The molecule has 1 aromatic rings. The second-order valence-electron chi connectivity index (χ2n) is 3.45. The maximum Gasteiger partial charge on any atom is 0.326 e. The van der Waals surface area contributed by atoms with Crippen molar-refractivity contribution in [3.8, 4) is 0 Å². The summed E-state index contributed by atoms with van der Waals surface area (Å²) < 4.78 is 30.4. The molecular formula is C10H11Cl2NO5S. The molecule has 0 heterocycles. The average molecular weight is 328 g/mol. The molecule has 0 saturated carbocycles. The van der Waals surface area contributed by atoms with E-state index in [4.69, 9.17) is 28.3 Å². The van der Waals surface area contributed by atoms with Gasteiger partial charge >= 0.3 is 5.97 Å². The second kappa shape index (κ2) is 6.53. The Morgan fingerprint density at radius 2 is 2.11 bits per heavy atom. The fourth-order valence-electron chi connectivity index (χ4n) is 1.24. The van der Waals surface area contributed by atoms with Crippen LogP contribution in [-0.2, 0) is 19.6 Å². The van der Waals surface area contributed by atoms with E-state index in [1.54, 1.807) is 0 Å². The first kappa shape index (κ1) is 16.2. The van der Waals surface area contributed by atoms with Crippen molar-refractivity contribution in [1.29, 1.82) is 0 Å². The number of carbonyl (C=O) groups is 1. The fraction of sp³-hybridized carbons (Fsp3) is 0.300. The molecule has 1 aromatic carbocycles. The number of ether oxygens (including phenoxy) is 1. The normalized spacial score (nSPS) is 13.1. The van der Waals surface area contributed by atoms with Crippen LogP contribution in [0.2, 0.25) is 10.0 Å². The van der Waals surface area contributed by atoms with Crippen LogP contribution < -0.4 is 4.72 Å². The summed E-state index contributed by atoms with van der Waals surface area (Å²) in [5, 5.41) is 9.09. The van der Waals surface area contributed by atoms with Crippen LogP contribution >= 0.6 is 23.2 Å². The van der Waals surface area contributed by atoms with Gasteiger partial charge in [-0.2, -0.15) is 4.72 Å². The van der Waals surface area contributed by atoms with Gasteiger partial charge in [-0.25, -0.2) is 8.42 Å². The third-order valence-electron chi connectivity index (χ3n) is 2.15. The van der Waals surface area contributed by atoms with Gasteiger partial charge in [0.2, 0.25) is 10.0 Å². The number of esters is 1. The molecule has 0 saturated heterocycles. The van der Waals surface area contributed by atoms with E-state index in [-0.39, 0.29) is 14.9 Å². The highest BCUT2D eigenvalue weighted by Gasteiger charge is 2.27. The van der Waals surface area contributed by atoms with E-state index in [2.05, 4.69) is 4.74 Å². The van der Waals surface area contributed by atoms with Crippen LogP contribution in [0.1, 0.15) is 0 Å². The Balaban J connectivity index is 3.10. The van der Waals surface area contributed by atoms with Crippen LogP contribution in [0, 0.1) is 0 Å². The van der Waals surface area contributed by atoms with Crippen LogP contribution in [0.15, 0.2) is 23.1 Å². The summed E-state index contributed by atoms with van der Waals surface area (Å²) in [6, 6.07) is 2.46. The van der Waals surface area contributed by atoms with Gasteiger partial charge in [-0.05, 0) is 18.2 Å². The molecule has 2 N–H and O–H groups in total. The van der Waals surface area contributed by atoms with E-state index in [9.17, 15) is 13.2 Å². The predicted molar refractivity (Wildman–Crippen MR) is 69.7 cm³/mol. The first-order chi connectivity index (χ1) is 8.81. The zero-order valence-corrected chi connectivity index (χ0v) is 12.1. The highest BCUT2D eigenvalue weighted by atomic mass is 35.5. The average Bonchev–Trinajstić information content (AvgIpc) is 2.37. The van der Waals surface area contributed by atoms with Crippen LogP contribution in [0.25, 0.3) is 0 Å². The maximum atomic E-state index is 12.0. The molecule has 106 valence electrons. The molecule has 6 nitrogen and oxygen atoms in total. The first-order valence-electron chi connectivity index (χ1n) is 4.98. The quantitative estimate of drug-likeness (QED) is 0.780. The Bertz CT molecular complexity index is 575. The molecule has 0 fully saturated rings. The fourth-order valence-corrected chi connectivity index (χ4v) is 3.17. The minimum absolute atomic E-state index is 0.0570. The zero-order chi connectivity index (χ0) is 14.6. The monoisotopic (exact) mass is 327 g/mol. The number of hydrogen-bond donors (Lipinski definition) is 2. The molecule has 1 rings (SSSR count). The Hall–Kier alpha value is -0.860. The smallest absolute Gasteiger partial charge is 0.326 e. The van der Waals surface area contributed by atoms with Crippen molar-refractivity contribution < 1.29 is 23.1 Å². The van der Waals surface area contributed by atoms with Gasteiger partial charge in [0.25, 0.3) is 0 Å². The number of nitrogens with one attached hydrogen (secondary N) is 1. The van der Waals surface area contributed by atoms with Gasteiger partial charge in [0, 0.05) is 5.02 Å². The van der Waals surface area contributed by atoms with Gasteiger partial charge in [-0.3, -0.25) is 4.79 Å². The van der Waals surface area contributed by atoms with Crippen molar-refractivity contribution in [3.63, 3.8) is 0 Å². The zero-order valence-electron chi connectivity index (χ0n) is 9.76. The van der Waals surface area contributed by atoms with Gasteiger partial charge in [0.15, 0.2) is 0 Å². The minimum Gasteiger partial charge on any atom is -0.468 e. The van der Waals surface area contributed by atoms with Crippen molar-refractivity contribution in [2.45, 2.75) is 10.9 Å². The van der Waals surface area contributed by atoms with Gasteiger partial charge in [0.05, 0.1) is 18.7 Å². The Labute approximate surface area is 120 Å².